The molecule has 158 valence electrons. The van der Waals surface area contributed by atoms with Crippen molar-refractivity contribution in [1.29, 1.82) is 0 Å². The van der Waals surface area contributed by atoms with Gasteiger partial charge in [-0.1, -0.05) is 28.1 Å². The van der Waals surface area contributed by atoms with Crippen molar-refractivity contribution >= 4 is 27.7 Å². The normalized spacial score (nSPS) is 12.8. The molecule has 0 aliphatic heterocycles. The molecule has 2 rings (SSSR count). The van der Waals surface area contributed by atoms with Gasteiger partial charge in [-0.05, 0) is 48.9 Å². The molecule has 0 radical (unpaired) electrons. The molecule has 0 saturated carbocycles. The van der Waals surface area contributed by atoms with Crippen LogP contribution in [0.4, 0.5) is 10.5 Å². The minimum Gasteiger partial charge on any atom is -0.491 e. The molecule has 0 fully saturated rings. The number of anilines is 1. The molecule has 3 N–H and O–H groups in total. The third kappa shape index (κ3) is 7.66. The maximum absolute atomic E-state index is 12.5. The van der Waals surface area contributed by atoms with Gasteiger partial charge in [0.2, 0.25) is 0 Å². The summed E-state index contributed by atoms with van der Waals surface area (Å²) in [4.78, 5) is 12.5. The lowest BCUT2D eigenvalue weighted by Crippen LogP contribution is -2.29. The van der Waals surface area contributed by atoms with Crippen molar-refractivity contribution in [1.82, 2.24) is 0 Å². The number of halogens is 1. The Kier molecular flexibility index (Phi) is 9.93. The van der Waals surface area contributed by atoms with Crippen LogP contribution in [0, 0.1) is 0 Å². The second kappa shape index (κ2) is 12.4. The van der Waals surface area contributed by atoms with Gasteiger partial charge < -0.3 is 24.4 Å². The number of nitrogens with one attached hydrogen (secondary N) is 1. The van der Waals surface area contributed by atoms with E-state index < -0.39 is 18.3 Å². The lowest BCUT2D eigenvalue weighted by molar-refractivity contribution is -0.0484. The molecule has 0 aliphatic carbocycles. The van der Waals surface area contributed by atoms with E-state index in [9.17, 15) is 9.90 Å². The van der Waals surface area contributed by atoms with Crippen molar-refractivity contribution in [2.45, 2.75) is 25.6 Å². The molecule has 0 aromatic heterocycles. The molecular formula is C21H26BrNO6. The van der Waals surface area contributed by atoms with Gasteiger partial charge in [-0.15, -0.1) is 0 Å². The van der Waals surface area contributed by atoms with Crippen LogP contribution in [0.5, 0.6) is 5.75 Å². The van der Waals surface area contributed by atoms with E-state index in [4.69, 9.17) is 19.3 Å². The summed E-state index contributed by atoms with van der Waals surface area (Å²) in [5.74, 6) is 0.594. The molecular weight excluding hydrogens is 442 g/mol. The number of carbonyl (C=O) groups is 1. The van der Waals surface area contributed by atoms with E-state index in [0.29, 0.717) is 30.0 Å². The molecule has 0 spiro atoms. The summed E-state index contributed by atoms with van der Waals surface area (Å²) in [6.45, 7) is 2.27. The average molecular weight is 468 g/mol. The predicted molar refractivity (Wildman–Crippen MR) is 113 cm³/mol. The Bertz CT molecular complexity index is 732. The van der Waals surface area contributed by atoms with Crippen LogP contribution < -0.4 is 10.1 Å². The first-order valence-electron chi connectivity index (χ1n) is 9.36. The Labute approximate surface area is 178 Å². The Morgan fingerprint density at radius 1 is 1.07 bits per heavy atom. The van der Waals surface area contributed by atoms with Gasteiger partial charge >= 0.3 is 6.09 Å². The number of aliphatic hydroxyl groups is 2. The number of hydrogen-bond acceptors (Lipinski definition) is 6. The lowest BCUT2D eigenvalue weighted by atomic mass is 10.0. The van der Waals surface area contributed by atoms with Crippen LogP contribution in [0.3, 0.4) is 0 Å². The number of benzene rings is 2. The minimum absolute atomic E-state index is 0.0768. The molecule has 29 heavy (non-hydrogen) atoms. The van der Waals surface area contributed by atoms with Gasteiger partial charge in [0, 0.05) is 29.8 Å². The smallest absolute Gasteiger partial charge is 0.412 e. The van der Waals surface area contributed by atoms with Crippen LogP contribution in [0.1, 0.15) is 25.0 Å². The Balaban J connectivity index is 2.17. The zero-order valence-corrected chi connectivity index (χ0v) is 17.8. The maximum atomic E-state index is 12.5. The summed E-state index contributed by atoms with van der Waals surface area (Å²) in [6.07, 6.45) is -1.54. The van der Waals surface area contributed by atoms with Gasteiger partial charge in [-0.25, -0.2) is 4.79 Å². The molecule has 0 bridgehead atoms. The fraction of sp³-hybridized carbons (Fsp3) is 0.381. The van der Waals surface area contributed by atoms with E-state index >= 15 is 0 Å². The topological polar surface area (TPSA) is 97.2 Å². The number of aliphatic hydroxyl groups excluding tert-OH is 2. The van der Waals surface area contributed by atoms with Crippen molar-refractivity contribution in [3.63, 3.8) is 0 Å². The van der Waals surface area contributed by atoms with Crippen LogP contribution in [0.15, 0.2) is 53.0 Å². The van der Waals surface area contributed by atoms with Crippen LogP contribution in [0.25, 0.3) is 0 Å². The number of hydrogen-bond donors (Lipinski definition) is 3. The Hall–Kier alpha value is -2.13. The third-order valence-corrected chi connectivity index (χ3v) is 4.55. The summed E-state index contributed by atoms with van der Waals surface area (Å²) in [6, 6.07) is 14.1. The molecule has 8 heteroatoms. The second-order valence-electron chi connectivity index (χ2n) is 6.10. The fourth-order valence-corrected chi connectivity index (χ4v) is 3.00. The zero-order chi connectivity index (χ0) is 21.1. The first-order valence-corrected chi connectivity index (χ1v) is 10.2. The van der Waals surface area contributed by atoms with E-state index in [-0.39, 0.29) is 19.8 Å². The van der Waals surface area contributed by atoms with E-state index in [1.165, 1.54) is 0 Å². The molecule has 0 unspecified atom stereocenters. The maximum Gasteiger partial charge on any atom is 0.412 e. The third-order valence-electron chi connectivity index (χ3n) is 4.03. The first kappa shape index (κ1) is 23.2. The van der Waals surface area contributed by atoms with Crippen molar-refractivity contribution in [2.75, 3.05) is 31.7 Å². The Morgan fingerprint density at radius 2 is 1.76 bits per heavy atom. The van der Waals surface area contributed by atoms with Gasteiger partial charge in [-0.3, -0.25) is 5.32 Å². The van der Waals surface area contributed by atoms with Crippen molar-refractivity contribution in [3.8, 4) is 5.75 Å². The van der Waals surface area contributed by atoms with Gasteiger partial charge in [0.25, 0.3) is 0 Å². The molecule has 0 aliphatic rings. The van der Waals surface area contributed by atoms with Crippen molar-refractivity contribution in [2.24, 2.45) is 0 Å². The van der Waals surface area contributed by atoms with Crippen LogP contribution >= 0.6 is 15.9 Å². The fourth-order valence-electron chi connectivity index (χ4n) is 2.74. The van der Waals surface area contributed by atoms with Crippen molar-refractivity contribution in [3.05, 3.63) is 58.6 Å². The molecule has 2 aromatic carbocycles. The summed E-state index contributed by atoms with van der Waals surface area (Å²) >= 11 is 3.35. The van der Waals surface area contributed by atoms with E-state index in [2.05, 4.69) is 21.2 Å². The largest absolute Gasteiger partial charge is 0.491 e. The highest BCUT2D eigenvalue weighted by molar-refractivity contribution is 9.10. The van der Waals surface area contributed by atoms with Crippen LogP contribution in [-0.4, -0.2) is 48.8 Å². The molecule has 2 atom stereocenters. The van der Waals surface area contributed by atoms with Gasteiger partial charge in [0.15, 0.2) is 6.10 Å². The SMILES string of the molecule is CCO[C@@H](CCO)[C@@H](OC(=O)Nc1ccc(Br)cc1)c1ccc(OCCO)cc1. The molecule has 0 saturated heterocycles. The van der Waals surface area contributed by atoms with Gasteiger partial charge in [0.05, 0.1) is 6.61 Å². The minimum atomic E-state index is -0.718. The monoisotopic (exact) mass is 467 g/mol. The number of carbonyl (C=O) groups excluding carboxylic acids is 1. The number of rotatable bonds is 11. The zero-order valence-electron chi connectivity index (χ0n) is 16.2. The molecule has 2 aromatic rings. The highest BCUT2D eigenvalue weighted by Crippen LogP contribution is 2.28. The van der Waals surface area contributed by atoms with E-state index in [1.54, 1.807) is 36.4 Å². The lowest BCUT2D eigenvalue weighted by Gasteiger charge is -2.27. The van der Waals surface area contributed by atoms with Crippen LogP contribution in [0.2, 0.25) is 0 Å². The van der Waals surface area contributed by atoms with Crippen LogP contribution in [-0.2, 0) is 9.47 Å². The standard InChI is InChI=1S/C21H26BrNO6/c1-2-27-19(11-12-24)20(15-3-9-18(10-4-15)28-14-13-25)29-21(26)23-17-7-5-16(22)6-8-17/h3-10,19-20,24-25H,2,11-14H2,1H3,(H,23,26)/t19-,20-/m0/s1. The summed E-state index contributed by atoms with van der Waals surface area (Å²) in [5.41, 5.74) is 1.30. The number of amides is 1. The quantitative estimate of drug-likeness (QED) is 0.463. The molecule has 0 heterocycles. The average Bonchev–Trinajstić information content (AvgIpc) is 2.72. The highest BCUT2D eigenvalue weighted by atomic mass is 79.9. The molecule has 7 nitrogen and oxygen atoms in total. The highest BCUT2D eigenvalue weighted by Gasteiger charge is 2.27. The number of ether oxygens (including phenoxy) is 3. The predicted octanol–water partition coefficient (Wildman–Crippen LogP) is 3.90. The summed E-state index contributed by atoms with van der Waals surface area (Å²) in [5, 5.41) is 21.0. The van der Waals surface area contributed by atoms with Crippen molar-refractivity contribution < 1.29 is 29.2 Å². The molecule has 1 amide bonds. The second-order valence-corrected chi connectivity index (χ2v) is 7.02. The van der Waals surface area contributed by atoms with E-state index in [1.807, 2.05) is 19.1 Å². The van der Waals surface area contributed by atoms with Gasteiger partial charge in [-0.2, -0.15) is 0 Å². The Morgan fingerprint density at radius 3 is 2.34 bits per heavy atom. The van der Waals surface area contributed by atoms with Gasteiger partial charge in [0.1, 0.15) is 18.5 Å². The summed E-state index contributed by atoms with van der Waals surface area (Å²) in [7, 11) is 0. The summed E-state index contributed by atoms with van der Waals surface area (Å²) < 4.78 is 17.7. The van der Waals surface area contributed by atoms with E-state index in [0.717, 1.165) is 4.47 Å². The first-order chi connectivity index (χ1) is 14.1.